The zero-order chi connectivity index (χ0) is 22.1. The molecule has 2 aromatic rings. The standard InChI is InChI=1S/C23H20F2N2O4/c1-22-9-17(21(30)31)27(18(22)10-22)19(28)11-26-20(29)12-6-7-16-14(8-12)13-4-2-3-5-15(13)23(16,24)25/h2-8,17-18H,9-11H2,1H3,(H,26,29)(H,30,31)/t17-,18-,22+/m0/s1. The molecule has 2 amide bonds. The minimum absolute atomic E-state index is 0.0982. The minimum Gasteiger partial charge on any atom is -0.480 e. The van der Waals surface area contributed by atoms with E-state index >= 15 is 0 Å². The zero-order valence-corrected chi connectivity index (χ0v) is 16.7. The second kappa shape index (κ2) is 6.35. The van der Waals surface area contributed by atoms with Gasteiger partial charge in [0.05, 0.1) is 6.54 Å². The lowest BCUT2D eigenvalue weighted by molar-refractivity contribution is -0.149. The highest BCUT2D eigenvalue weighted by molar-refractivity contribution is 5.99. The highest BCUT2D eigenvalue weighted by Gasteiger charge is 2.64. The second-order valence-corrected chi connectivity index (χ2v) is 8.80. The minimum atomic E-state index is -3.13. The average molecular weight is 426 g/mol. The number of halogens is 2. The molecule has 1 saturated heterocycles. The fraction of sp³-hybridized carbons (Fsp3) is 0.348. The lowest BCUT2D eigenvalue weighted by atomic mass is 10.0. The molecular weight excluding hydrogens is 406 g/mol. The SMILES string of the molecule is C[C@@]12C[C@@H]1N(C(=O)CNC(=O)c1ccc3c(c1)-c1ccccc1C3(F)F)[C@H](C(=O)O)C2. The van der Waals surface area contributed by atoms with E-state index in [-0.39, 0.29) is 34.7 Å². The fourth-order valence-corrected chi connectivity index (χ4v) is 5.02. The van der Waals surface area contributed by atoms with E-state index in [1.807, 2.05) is 6.92 Å². The first kappa shape index (κ1) is 19.7. The first-order valence-corrected chi connectivity index (χ1v) is 10.1. The van der Waals surface area contributed by atoms with Gasteiger partial charge in [0.2, 0.25) is 5.91 Å². The number of nitrogens with zero attached hydrogens (tertiary/aromatic N) is 1. The number of likely N-dealkylation sites (tertiary alicyclic amines) is 1. The van der Waals surface area contributed by atoms with Crippen molar-refractivity contribution in [3.05, 3.63) is 59.2 Å². The molecule has 0 bridgehead atoms. The molecule has 0 unspecified atom stereocenters. The van der Waals surface area contributed by atoms with Crippen LogP contribution in [0.3, 0.4) is 0 Å². The third-order valence-electron chi connectivity index (χ3n) is 6.78. The number of hydrogen-bond donors (Lipinski definition) is 2. The molecule has 1 saturated carbocycles. The summed E-state index contributed by atoms with van der Waals surface area (Å²) in [5.74, 6) is -5.21. The molecule has 3 atom stereocenters. The second-order valence-electron chi connectivity index (χ2n) is 8.80. The first-order chi connectivity index (χ1) is 14.6. The van der Waals surface area contributed by atoms with Crippen LogP contribution in [-0.2, 0) is 15.5 Å². The summed E-state index contributed by atoms with van der Waals surface area (Å²) in [5.41, 5.74) is 0.407. The average Bonchev–Trinajstić information content (AvgIpc) is 3.22. The number of carboxylic acid groups (broad SMARTS) is 1. The van der Waals surface area contributed by atoms with E-state index in [1.165, 1.54) is 29.2 Å². The van der Waals surface area contributed by atoms with E-state index < -0.39 is 29.7 Å². The normalized spacial score (nSPS) is 26.6. The number of rotatable bonds is 4. The van der Waals surface area contributed by atoms with Crippen LogP contribution >= 0.6 is 0 Å². The molecule has 2 aliphatic carbocycles. The Morgan fingerprint density at radius 3 is 2.55 bits per heavy atom. The van der Waals surface area contributed by atoms with Crippen molar-refractivity contribution in [2.45, 2.75) is 37.8 Å². The molecular formula is C23H20F2N2O4. The van der Waals surface area contributed by atoms with Crippen molar-refractivity contribution < 1.29 is 28.3 Å². The van der Waals surface area contributed by atoms with Gasteiger partial charge in [0, 0.05) is 22.7 Å². The molecule has 2 aromatic carbocycles. The smallest absolute Gasteiger partial charge is 0.326 e. The summed E-state index contributed by atoms with van der Waals surface area (Å²) in [6.07, 6.45) is 1.17. The molecule has 1 aliphatic heterocycles. The largest absolute Gasteiger partial charge is 0.480 e. The van der Waals surface area contributed by atoms with E-state index in [4.69, 9.17) is 0 Å². The predicted octanol–water partition coefficient (Wildman–Crippen LogP) is 3.00. The number of piperidine rings is 1. The summed E-state index contributed by atoms with van der Waals surface area (Å²) >= 11 is 0. The van der Waals surface area contributed by atoms with Crippen LogP contribution in [0, 0.1) is 5.41 Å². The maximum absolute atomic E-state index is 14.7. The molecule has 160 valence electrons. The predicted molar refractivity (Wildman–Crippen MR) is 107 cm³/mol. The summed E-state index contributed by atoms with van der Waals surface area (Å²) in [7, 11) is 0. The molecule has 0 spiro atoms. The van der Waals surface area contributed by atoms with Crippen molar-refractivity contribution in [3.63, 3.8) is 0 Å². The zero-order valence-electron chi connectivity index (χ0n) is 16.7. The van der Waals surface area contributed by atoms with Crippen LogP contribution in [0.4, 0.5) is 8.78 Å². The first-order valence-electron chi connectivity index (χ1n) is 10.1. The van der Waals surface area contributed by atoms with Gasteiger partial charge in [-0.05, 0) is 41.5 Å². The highest BCUT2D eigenvalue weighted by Crippen LogP contribution is 2.59. The Kier molecular flexibility index (Phi) is 4.03. The van der Waals surface area contributed by atoms with Crippen LogP contribution < -0.4 is 5.32 Å². The van der Waals surface area contributed by atoms with Gasteiger partial charge in [-0.15, -0.1) is 0 Å². The molecule has 0 radical (unpaired) electrons. The molecule has 5 rings (SSSR count). The van der Waals surface area contributed by atoms with Gasteiger partial charge in [-0.2, -0.15) is 8.78 Å². The number of benzene rings is 2. The number of alkyl halides is 2. The van der Waals surface area contributed by atoms with Crippen molar-refractivity contribution >= 4 is 17.8 Å². The topological polar surface area (TPSA) is 86.7 Å². The van der Waals surface area contributed by atoms with Gasteiger partial charge in [-0.1, -0.05) is 37.3 Å². The van der Waals surface area contributed by atoms with Crippen LogP contribution in [0.15, 0.2) is 42.5 Å². The third kappa shape index (κ3) is 2.85. The maximum Gasteiger partial charge on any atom is 0.326 e. The molecule has 8 heteroatoms. The highest BCUT2D eigenvalue weighted by atomic mass is 19.3. The lowest BCUT2D eigenvalue weighted by Crippen LogP contribution is -2.47. The van der Waals surface area contributed by atoms with Gasteiger partial charge < -0.3 is 15.3 Å². The van der Waals surface area contributed by atoms with Crippen molar-refractivity contribution in [1.82, 2.24) is 10.2 Å². The number of fused-ring (bicyclic) bond motifs is 4. The number of aliphatic carboxylic acids is 1. The number of hydrogen-bond acceptors (Lipinski definition) is 3. The van der Waals surface area contributed by atoms with E-state index in [1.54, 1.807) is 18.2 Å². The number of carbonyl (C=O) groups excluding carboxylic acids is 2. The molecule has 2 N–H and O–H groups in total. The van der Waals surface area contributed by atoms with Gasteiger partial charge >= 0.3 is 5.97 Å². The number of carbonyl (C=O) groups is 3. The van der Waals surface area contributed by atoms with Crippen LogP contribution in [0.25, 0.3) is 11.1 Å². The van der Waals surface area contributed by atoms with Gasteiger partial charge in [0.1, 0.15) is 6.04 Å². The fourth-order valence-electron chi connectivity index (χ4n) is 5.02. The Bertz CT molecular complexity index is 1150. The third-order valence-corrected chi connectivity index (χ3v) is 6.78. The number of nitrogens with one attached hydrogen (secondary N) is 1. The summed E-state index contributed by atoms with van der Waals surface area (Å²) in [6, 6.07) is 9.13. The number of amides is 2. The molecule has 2 fully saturated rings. The molecule has 0 aromatic heterocycles. The van der Waals surface area contributed by atoms with E-state index in [0.29, 0.717) is 17.5 Å². The Morgan fingerprint density at radius 2 is 1.81 bits per heavy atom. The number of carboxylic acids is 1. The Labute approximate surface area is 176 Å². The quantitative estimate of drug-likeness (QED) is 0.787. The Morgan fingerprint density at radius 1 is 1.10 bits per heavy atom. The molecule has 1 heterocycles. The summed E-state index contributed by atoms with van der Waals surface area (Å²) in [5, 5.41) is 11.9. The van der Waals surface area contributed by atoms with Crippen molar-refractivity contribution in [2.24, 2.45) is 5.41 Å². The Balaban J connectivity index is 1.33. The van der Waals surface area contributed by atoms with Crippen molar-refractivity contribution in [1.29, 1.82) is 0 Å². The van der Waals surface area contributed by atoms with Crippen LogP contribution in [0.1, 0.15) is 41.3 Å². The maximum atomic E-state index is 14.7. The molecule has 31 heavy (non-hydrogen) atoms. The van der Waals surface area contributed by atoms with Gasteiger partial charge in [-0.3, -0.25) is 9.59 Å². The Hall–Kier alpha value is -3.29. The van der Waals surface area contributed by atoms with Gasteiger partial charge in [0.15, 0.2) is 0 Å². The van der Waals surface area contributed by atoms with E-state index in [9.17, 15) is 28.3 Å². The van der Waals surface area contributed by atoms with Gasteiger partial charge in [-0.25, -0.2) is 4.79 Å². The summed E-state index contributed by atoms with van der Waals surface area (Å²) in [4.78, 5) is 38.1. The van der Waals surface area contributed by atoms with Crippen LogP contribution in [-0.4, -0.2) is 46.4 Å². The van der Waals surface area contributed by atoms with Crippen molar-refractivity contribution in [3.8, 4) is 11.1 Å². The van der Waals surface area contributed by atoms with Crippen LogP contribution in [0.5, 0.6) is 0 Å². The molecule has 3 aliphatic rings. The van der Waals surface area contributed by atoms with Crippen LogP contribution in [0.2, 0.25) is 0 Å². The van der Waals surface area contributed by atoms with E-state index in [2.05, 4.69) is 5.32 Å². The van der Waals surface area contributed by atoms with Crippen molar-refractivity contribution in [2.75, 3.05) is 6.54 Å². The van der Waals surface area contributed by atoms with E-state index in [0.717, 1.165) is 6.42 Å². The summed E-state index contributed by atoms with van der Waals surface area (Å²) in [6.45, 7) is 1.61. The summed E-state index contributed by atoms with van der Waals surface area (Å²) < 4.78 is 29.3. The van der Waals surface area contributed by atoms with Gasteiger partial charge in [0.25, 0.3) is 11.8 Å². The molecule has 6 nitrogen and oxygen atoms in total. The monoisotopic (exact) mass is 426 g/mol. The lowest BCUT2D eigenvalue weighted by Gasteiger charge is -2.24.